The maximum atomic E-state index is 11.7. The van der Waals surface area contributed by atoms with E-state index in [1.54, 1.807) is 11.3 Å². The molecule has 0 spiro atoms. The van der Waals surface area contributed by atoms with E-state index >= 15 is 0 Å². The van der Waals surface area contributed by atoms with Gasteiger partial charge < -0.3 is 4.90 Å². The van der Waals surface area contributed by atoms with Crippen molar-refractivity contribution in [2.75, 3.05) is 6.54 Å². The lowest BCUT2D eigenvalue weighted by atomic mass is 10.0. The van der Waals surface area contributed by atoms with E-state index in [4.69, 9.17) is 0 Å². The zero-order chi connectivity index (χ0) is 11.8. The molecule has 2 heterocycles. The standard InChI is InChI=1S/C12H15BrN2OS/c13-8-5-12(16)15(6-8)7-11-14-9-3-1-2-4-10(9)17-11/h8H,1-7H2. The summed E-state index contributed by atoms with van der Waals surface area (Å²) in [5, 5.41) is 1.12. The molecule has 17 heavy (non-hydrogen) atoms. The molecule has 2 aliphatic rings. The van der Waals surface area contributed by atoms with Crippen LogP contribution in [-0.2, 0) is 24.2 Å². The number of likely N-dealkylation sites (tertiary alicyclic amines) is 1. The van der Waals surface area contributed by atoms with Crippen LogP contribution in [0.15, 0.2) is 0 Å². The number of hydrogen-bond acceptors (Lipinski definition) is 3. The van der Waals surface area contributed by atoms with Crippen molar-refractivity contribution in [3.63, 3.8) is 0 Å². The van der Waals surface area contributed by atoms with E-state index in [0.717, 1.165) is 18.0 Å². The molecule has 92 valence electrons. The van der Waals surface area contributed by atoms with Crippen LogP contribution in [0.4, 0.5) is 0 Å². The van der Waals surface area contributed by atoms with Gasteiger partial charge in [-0.15, -0.1) is 11.3 Å². The average molecular weight is 315 g/mol. The second kappa shape index (κ2) is 4.69. The lowest BCUT2D eigenvalue weighted by molar-refractivity contribution is -0.128. The third-order valence-electron chi connectivity index (χ3n) is 3.38. The second-order valence-corrected chi connectivity index (χ2v) is 7.22. The van der Waals surface area contributed by atoms with Crippen LogP contribution in [0, 0.1) is 0 Å². The normalized spacial score (nSPS) is 24.2. The summed E-state index contributed by atoms with van der Waals surface area (Å²) in [6, 6.07) is 0. The molecule has 0 N–H and O–H groups in total. The molecule has 3 nitrogen and oxygen atoms in total. The topological polar surface area (TPSA) is 33.2 Å². The van der Waals surface area contributed by atoms with Gasteiger partial charge in [-0.3, -0.25) is 4.79 Å². The number of aromatic nitrogens is 1. The molecule has 0 saturated carbocycles. The number of amides is 1. The predicted molar refractivity (Wildman–Crippen MR) is 71.5 cm³/mol. The van der Waals surface area contributed by atoms with Gasteiger partial charge in [0.2, 0.25) is 5.91 Å². The molecule has 0 bridgehead atoms. The molecule has 0 aromatic carbocycles. The zero-order valence-electron chi connectivity index (χ0n) is 9.62. The Morgan fingerprint density at radius 1 is 1.41 bits per heavy atom. The van der Waals surface area contributed by atoms with Gasteiger partial charge in [0.05, 0.1) is 12.2 Å². The van der Waals surface area contributed by atoms with Crippen LogP contribution in [0.2, 0.25) is 0 Å². The molecule has 1 aliphatic heterocycles. The van der Waals surface area contributed by atoms with Gasteiger partial charge in [0.1, 0.15) is 5.01 Å². The average Bonchev–Trinajstić information content (AvgIpc) is 2.82. The van der Waals surface area contributed by atoms with E-state index in [1.807, 2.05) is 4.90 Å². The molecule has 1 aromatic rings. The zero-order valence-corrected chi connectivity index (χ0v) is 12.0. The van der Waals surface area contributed by atoms with Crippen molar-refractivity contribution in [1.29, 1.82) is 0 Å². The monoisotopic (exact) mass is 314 g/mol. The maximum absolute atomic E-state index is 11.7. The van der Waals surface area contributed by atoms with E-state index < -0.39 is 0 Å². The SMILES string of the molecule is O=C1CC(Br)CN1Cc1nc2c(s1)CCCC2. The van der Waals surface area contributed by atoms with Crippen molar-refractivity contribution in [2.45, 2.75) is 43.5 Å². The van der Waals surface area contributed by atoms with Gasteiger partial charge in [-0.25, -0.2) is 4.98 Å². The van der Waals surface area contributed by atoms with Gasteiger partial charge >= 0.3 is 0 Å². The lowest BCUT2D eigenvalue weighted by Crippen LogP contribution is -2.24. The van der Waals surface area contributed by atoms with Crippen LogP contribution in [0.3, 0.4) is 0 Å². The van der Waals surface area contributed by atoms with E-state index in [1.165, 1.54) is 29.8 Å². The number of hydrogen-bond donors (Lipinski definition) is 0. The van der Waals surface area contributed by atoms with Crippen molar-refractivity contribution in [3.05, 3.63) is 15.6 Å². The van der Waals surface area contributed by atoms with Crippen molar-refractivity contribution < 1.29 is 4.79 Å². The summed E-state index contributed by atoms with van der Waals surface area (Å²) in [6.45, 7) is 1.53. The van der Waals surface area contributed by atoms with Crippen molar-refractivity contribution in [2.24, 2.45) is 0 Å². The molecule has 1 fully saturated rings. The second-order valence-electron chi connectivity index (χ2n) is 4.76. The fraction of sp³-hybridized carbons (Fsp3) is 0.667. The highest BCUT2D eigenvalue weighted by molar-refractivity contribution is 9.09. The minimum atomic E-state index is 0.250. The van der Waals surface area contributed by atoms with E-state index in [0.29, 0.717) is 17.8 Å². The highest BCUT2D eigenvalue weighted by Gasteiger charge is 2.28. The highest BCUT2D eigenvalue weighted by atomic mass is 79.9. The first-order valence-corrected chi connectivity index (χ1v) is 7.85. The Bertz CT molecular complexity index is 422. The minimum Gasteiger partial charge on any atom is -0.335 e. The smallest absolute Gasteiger partial charge is 0.224 e. The van der Waals surface area contributed by atoms with Gasteiger partial charge in [0.25, 0.3) is 0 Å². The Hall–Kier alpha value is -0.420. The predicted octanol–water partition coefficient (Wildman–Crippen LogP) is 2.52. The van der Waals surface area contributed by atoms with Gasteiger partial charge in [0.15, 0.2) is 0 Å². The summed E-state index contributed by atoms with van der Waals surface area (Å²) >= 11 is 5.32. The number of alkyl halides is 1. The minimum absolute atomic E-state index is 0.250. The number of carbonyl (C=O) groups excluding carboxylic acids is 1. The Labute approximate surface area is 113 Å². The van der Waals surface area contributed by atoms with E-state index in [-0.39, 0.29) is 5.91 Å². The Morgan fingerprint density at radius 3 is 2.94 bits per heavy atom. The van der Waals surface area contributed by atoms with Crippen molar-refractivity contribution in [1.82, 2.24) is 9.88 Å². The van der Waals surface area contributed by atoms with Gasteiger partial charge in [-0.1, -0.05) is 15.9 Å². The van der Waals surface area contributed by atoms with E-state index in [2.05, 4.69) is 20.9 Å². The first kappa shape index (κ1) is 11.7. The lowest BCUT2D eigenvalue weighted by Gasteiger charge is -2.13. The summed E-state index contributed by atoms with van der Waals surface area (Å²) in [6.07, 6.45) is 5.50. The third kappa shape index (κ3) is 2.40. The molecule has 0 radical (unpaired) electrons. The molecule has 1 aromatic heterocycles. The van der Waals surface area contributed by atoms with Crippen LogP contribution in [0.1, 0.15) is 34.8 Å². The van der Waals surface area contributed by atoms with Crippen LogP contribution < -0.4 is 0 Å². The highest BCUT2D eigenvalue weighted by Crippen LogP contribution is 2.28. The Morgan fingerprint density at radius 2 is 2.24 bits per heavy atom. The summed E-state index contributed by atoms with van der Waals surface area (Å²) in [7, 11) is 0. The molecule has 3 rings (SSSR count). The molecule has 1 atom stereocenters. The maximum Gasteiger partial charge on any atom is 0.224 e. The van der Waals surface area contributed by atoms with Crippen molar-refractivity contribution in [3.8, 4) is 0 Å². The van der Waals surface area contributed by atoms with E-state index in [9.17, 15) is 4.79 Å². The summed E-state index contributed by atoms with van der Waals surface area (Å²) in [4.78, 5) is 20.1. The molecule has 1 saturated heterocycles. The third-order valence-corrected chi connectivity index (χ3v) is 5.14. The largest absolute Gasteiger partial charge is 0.335 e. The first-order chi connectivity index (χ1) is 8.22. The van der Waals surface area contributed by atoms with Gasteiger partial charge in [-0.2, -0.15) is 0 Å². The van der Waals surface area contributed by atoms with Crippen LogP contribution >= 0.6 is 27.3 Å². The summed E-state index contributed by atoms with van der Waals surface area (Å²) in [5.41, 5.74) is 1.29. The van der Waals surface area contributed by atoms with Gasteiger partial charge in [0, 0.05) is 22.7 Å². The molecule has 5 heteroatoms. The number of thiazole rings is 1. The number of halogens is 1. The molecular formula is C12H15BrN2OS. The van der Waals surface area contributed by atoms with Crippen molar-refractivity contribution >= 4 is 33.2 Å². The number of carbonyl (C=O) groups is 1. The molecule has 1 amide bonds. The molecule has 1 aliphatic carbocycles. The summed E-state index contributed by atoms with van der Waals surface area (Å²) < 4.78 is 0. The van der Waals surface area contributed by atoms with Gasteiger partial charge in [-0.05, 0) is 25.7 Å². The number of nitrogens with zero attached hydrogens (tertiary/aromatic N) is 2. The Kier molecular flexibility index (Phi) is 3.21. The van der Waals surface area contributed by atoms with Crippen LogP contribution in [0.5, 0.6) is 0 Å². The van der Waals surface area contributed by atoms with Crippen LogP contribution in [-0.4, -0.2) is 27.2 Å². The quantitative estimate of drug-likeness (QED) is 0.786. The fourth-order valence-electron chi connectivity index (χ4n) is 2.51. The number of aryl methyl sites for hydroxylation is 2. The molecular weight excluding hydrogens is 300 g/mol. The fourth-order valence-corrected chi connectivity index (χ4v) is 4.31. The number of fused-ring (bicyclic) bond motifs is 1. The number of rotatable bonds is 2. The first-order valence-electron chi connectivity index (χ1n) is 6.11. The van der Waals surface area contributed by atoms with Crippen LogP contribution in [0.25, 0.3) is 0 Å². The molecule has 1 unspecified atom stereocenters. The summed E-state index contributed by atoms with van der Waals surface area (Å²) in [5.74, 6) is 0.250. The Balaban J connectivity index is 1.73.